The molecule has 1 aliphatic rings. The lowest BCUT2D eigenvalue weighted by molar-refractivity contribution is -0.150. The molecule has 4 nitrogen and oxygen atoms in total. The Labute approximate surface area is 123 Å². The number of aliphatic carboxylic acids is 1. The van der Waals surface area contributed by atoms with E-state index in [-0.39, 0.29) is 25.2 Å². The van der Waals surface area contributed by atoms with Crippen LogP contribution in [0.25, 0.3) is 0 Å². The van der Waals surface area contributed by atoms with Crippen LogP contribution in [0.15, 0.2) is 0 Å². The highest BCUT2D eigenvalue weighted by Crippen LogP contribution is 2.31. The van der Waals surface area contributed by atoms with Crippen LogP contribution in [0.1, 0.15) is 52.4 Å². The van der Waals surface area contributed by atoms with Crippen molar-refractivity contribution in [2.24, 2.45) is 0 Å². The van der Waals surface area contributed by atoms with Crippen LogP contribution in [-0.4, -0.2) is 41.5 Å². The molecule has 2 atom stereocenters. The summed E-state index contributed by atoms with van der Waals surface area (Å²) in [7, 11) is 0. The van der Waals surface area contributed by atoms with Gasteiger partial charge in [-0.15, -0.1) is 0 Å². The van der Waals surface area contributed by atoms with Crippen LogP contribution in [-0.2, 0) is 9.53 Å². The van der Waals surface area contributed by atoms with Crippen LogP contribution in [0, 0.1) is 0 Å². The van der Waals surface area contributed by atoms with E-state index >= 15 is 0 Å². The second kappa shape index (κ2) is 7.45. The molecule has 1 rings (SSSR count). The lowest BCUT2D eigenvalue weighted by Crippen LogP contribution is -2.58. The molecule has 0 aromatic heterocycles. The molecule has 21 heavy (non-hydrogen) atoms. The fourth-order valence-corrected chi connectivity index (χ4v) is 2.83. The molecule has 124 valence electrons. The summed E-state index contributed by atoms with van der Waals surface area (Å²) in [4.78, 5) is 11.6. The fraction of sp³-hybridized carbons (Fsp3) is 0.929. The molecule has 0 bridgehead atoms. The van der Waals surface area contributed by atoms with E-state index in [1.807, 2.05) is 13.8 Å². The van der Waals surface area contributed by atoms with Crippen LogP contribution >= 0.6 is 0 Å². The van der Waals surface area contributed by atoms with E-state index in [4.69, 9.17) is 4.74 Å². The molecule has 1 aliphatic carbocycles. The van der Waals surface area contributed by atoms with E-state index in [0.29, 0.717) is 25.7 Å². The number of hydrogen-bond donors (Lipinski definition) is 2. The van der Waals surface area contributed by atoms with Crippen LogP contribution in [0.4, 0.5) is 13.2 Å². The van der Waals surface area contributed by atoms with Gasteiger partial charge >= 0.3 is 12.1 Å². The van der Waals surface area contributed by atoms with Crippen LogP contribution in [0.2, 0.25) is 0 Å². The number of ether oxygens (including phenoxy) is 1. The summed E-state index contributed by atoms with van der Waals surface area (Å²) in [5.41, 5.74) is -1.03. The highest BCUT2D eigenvalue weighted by Gasteiger charge is 2.43. The second-order valence-corrected chi connectivity index (χ2v) is 5.99. The third-order valence-corrected chi connectivity index (χ3v) is 3.64. The summed E-state index contributed by atoms with van der Waals surface area (Å²) in [6, 6.07) is 0.0186. The first-order valence-electron chi connectivity index (χ1n) is 7.34. The first-order valence-corrected chi connectivity index (χ1v) is 7.34. The van der Waals surface area contributed by atoms with Crippen molar-refractivity contribution in [1.29, 1.82) is 0 Å². The Bertz CT molecular complexity index is 347. The van der Waals surface area contributed by atoms with E-state index < -0.39 is 24.1 Å². The minimum absolute atomic E-state index is 0.0154. The van der Waals surface area contributed by atoms with E-state index in [1.54, 1.807) is 0 Å². The quantitative estimate of drug-likeness (QED) is 0.709. The SMILES string of the molecule is CC(C)NC1(C(=O)O)CCCC(OCCCC(F)(F)F)C1. The number of nitrogens with one attached hydrogen (secondary N) is 1. The number of rotatable bonds is 7. The molecule has 0 aromatic rings. The van der Waals surface area contributed by atoms with Gasteiger partial charge in [0.1, 0.15) is 5.54 Å². The normalized spacial score (nSPS) is 27.0. The van der Waals surface area contributed by atoms with Crippen molar-refractivity contribution in [3.8, 4) is 0 Å². The predicted octanol–water partition coefficient (Wildman–Crippen LogP) is 3.11. The van der Waals surface area contributed by atoms with Crippen LogP contribution in [0.5, 0.6) is 0 Å². The topological polar surface area (TPSA) is 58.6 Å². The first kappa shape index (κ1) is 18.2. The number of carboxylic acids is 1. The zero-order valence-electron chi connectivity index (χ0n) is 12.5. The number of hydrogen-bond acceptors (Lipinski definition) is 3. The lowest BCUT2D eigenvalue weighted by atomic mass is 9.79. The molecular weight excluding hydrogens is 287 g/mol. The van der Waals surface area contributed by atoms with E-state index in [0.717, 1.165) is 0 Å². The van der Waals surface area contributed by atoms with E-state index in [2.05, 4.69) is 5.32 Å². The number of halogens is 3. The molecule has 2 unspecified atom stereocenters. The molecule has 0 aromatic carbocycles. The molecule has 0 saturated heterocycles. The minimum atomic E-state index is -4.17. The molecule has 1 fully saturated rings. The Morgan fingerprint density at radius 1 is 1.48 bits per heavy atom. The fourth-order valence-electron chi connectivity index (χ4n) is 2.83. The standard InChI is InChI=1S/C14H24F3NO3/c1-10(2)18-13(12(19)20)6-3-5-11(9-13)21-8-4-7-14(15,16)17/h10-11,18H,3-9H2,1-2H3,(H,19,20). The van der Waals surface area contributed by atoms with Crippen molar-refractivity contribution in [3.63, 3.8) is 0 Å². The van der Waals surface area contributed by atoms with Crippen molar-refractivity contribution < 1.29 is 27.8 Å². The summed E-state index contributed by atoms with van der Waals surface area (Å²) < 4.78 is 41.6. The zero-order valence-corrected chi connectivity index (χ0v) is 12.5. The lowest BCUT2D eigenvalue weighted by Gasteiger charge is -2.39. The molecule has 1 saturated carbocycles. The largest absolute Gasteiger partial charge is 0.480 e. The number of carbonyl (C=O) groups is 1. The third kappa shape index (κ3) is 6.22. The van der Waals surface area contributed by atoms with Gasteiger partial charge in [0, 0.05) is 25.5 Å². The summed E-state index contributed by atoms with van der Waals surface area (Å²) >= 11 is 0. The summed E-state index contributed by atoms with van der Waals surface area (Å²) in [5, 5.41) is 12.5. The molecule has 0 spiro atoms. The van der Waals surface area contributed by atoms with E-state index in [1.165, 1.54) is 0 Å². The summed E-state index contributed by atoms with van der Waals surface area (Å²) in [6.45, 7) is 3.76. The van der Waals surface area contributed by atoms with Gasteiger partial charge < -0.3 is 9.84 Å². The van der Waals surface area contributed by atoms with Gasteiger partial charge in [0.05, 0.1) is 6.10 Å². The van der Waals surface area contributed by atoms with Crippen molar-refractivity contribution in [3.05, 3.63) is 0 Å². The van der Waals surface area contributed by atoms with Crippen molar-refractivity contribution >= 4 is 5.97 Å². The van der Waals surface area contributed by atoms with Gasteiger partial charge in [-0.2, -0.15) is 13.2 Å². The first-order chi connectivity index (χ1) is 9.65. The Hall–Kier alpha value is -0.820. The highest BCUT2D eigenvalue weighted by molar-refractivity contribution is 5.79. The van der Waals surface area contributed by atoms with E-state index in [9.17, 15) is 23.1 Å². The van der Waals surface area contributed by atoms with Gasteiger partial charge in [-0.25, -0.2) is 0 Å². The smallest absolute Gasteiger partial charge is 0.389 e. The molecule has 7 heteroatoms. The third-order valence-electron chi connectivity index (χ3n) is 3.64. The summed E-state index contributed by atoms with van der Waals surface area (Å²) in [6.07, 6.45) is -3.22. The van der Waals surface area contributed by atoms with Gasteiger partial charge in [-0.1, -0.05) is 0 Å². The highest BCUT2D eigenvalue weighted by atomic mass is 19.4. The maximum absolute atomic E-state index is 12.1. The molecule has 0 heterocycles. The van der Waals surface area contributed by atoms with Gasteiger partial charge in [0.15, 0.2) is 0 Å². The van der Waals surface area contributed by atoms with Gasteiger partial charge in [-0.05, 0) is 39.5 Å². The number of alkyl halides is 3. The maximum Gasteiger partial charge on any atom is 0.389 e. The van der Waals surface area contributed by atoms with Gasteiger partial charge in [0.2, 0.25) is 0 Å². The molecule has 0 aliphatic heterocycles. The summed E-state index contributed by atoms with van der Waals surface area (Å²) in [5.74, 6) is -0.917. The molecular formula is C14H24F3NO3. The Balaban J connectivity index is 2.48. The van der Waals surface area contributed by atoms with Crippen molar-refractivity contribution in [2.45, 2.75) is 76.2 Å². The Kier molecular flexibility index (Phi) is 6.46. The minimum Gasteiger partial charge on any atom is -0.480 e. The van der Waals surface area contributed by atoms with Gasteiger partial charge in [-0.3, -0.25) is 10.1 Å². The van der Waals surface area contributed by atoms with Crippen molar-refractivity contribution in [2.75, 3.05) is 6.61 Å². The monoisotopic (exact) mass is 311 g/mol. The second-order valence-electron chi connectivity index (χ2n) is 5.99. The molecule has 2 N–H and O–H groups in total. The van der Waals surface area contributed by atoms with Crippen LogP contribution < -0.4 is 5.32 Å². The maximum atomic E-state index is 12.1. The predicted molar refractivity (Wildman–Crippen MR) is 72.1 cm³/mol. The molecule has 0 radical (unpaired) electrons. The average molecular weight is 311 g/mol. The number of carboxylic acid groups (broad SMARTS) is 1. The Morgan fingerprint density at radius 3 is 2.67 bits per heavy atom. The zero-order chi connectivity index (χ0) is 16.1. The van der Waals surface area contributed by atoms with Crippen molar-refractivity contribution in [1.82, 2.24) is 5.32 Å². The van der Waals surface area contributed by atoms with Gasteiger partial charge in [0.25, 0.3) is 0 Å². The Morgan fingerprint density at radius 2 is 2.14 bits per heavy atom. The average Bonchev–Trinajstić information content (AvgIpc) is 2.33. The molecule has 0 amide bonds. The van der Waals surface area contributed by atoms with Crippen LogP contribution in [0.3, 0.4) is 0 Å².